The van der Waals surface area contributed by atoms with Crippen LogP contribution >= 0.6 is 23.2 Å². The number of alkyl halides is 3. The smallest absolute Gasteiger partial charge is 0.416 e. The van der Waals surface area contributed by atoms with E-state index in [1.807, 2.05) is 4.90 Å². The van der Waals surface area contributed by atoms with Crippen LogP contribution in [0.3, 0.4) is 0 Å². The molecule has 6 rings (SSSR count). The molecule has 10 nitrogen and oxygen atoms in total. The van der Waals surface area contributed by atoms with E-state index in [4.69, 9.17) is 32.9 Å². The molecule has 3 atom stereocenters. The molecular weight excluding hydrogens is 722 g/mol. The Morgan fingerprint density at radius 3 is 2.12 bits per heavy atom. The van der Waals surface area contributed by atoms with Gasteiger partial charge in [-0.15, -0.1) is 0 Å². The fraction of sp³-hybridized carbons (Fsp3) is 0.405. The van der Waals surface area contributed by atoms with Crippen LogP contribution in [0.2, 0.25) is 10.0 Å². The summed E-state index contributed by atoms with van der Waals surface area (Å²) in [7, 11) is 0. The summed E-state index contributed by atoms with van der Waals surface area (Å²) in [5.74, 6) is -1.56. The SMILES string of the molecule is CCOc1cc(C(F)(F)F)ccc1C1=NC(c2ccc(Cl)cc2)C(c2ccc(Cl)cc2)N1C(=O)N1CCN(CC(=O)N2CCCC(C(=O)O)C2)CC1. The second-order valence-electron chi connectivity index (χ2n) is 13.0. The number of aliphatic carboxylic acids is 1. The lowest BCUT2D eigenvalue weighted by Crippen LogP contribution is -2.56. The Labute approximate surface area is 309 Å². The maximum atomic E-state index is 14.8. The first-order chi connectivity index (χ1) is 24.8. The van der Waals surface area contributed by atoms with Gasteiger partial charge in [0.1, 0.15) is 17.6 Å². The molecule has 3 heterocycles. The zero-order chi connectivity index (χ0) is 37.2. The predicted molar refractivity (Wildman–Crippen MR) is 190 cm³/mol. The number of piperazine rings is 1. The van der Waals surface area contributed by atoms with Gasteiger partial charge in [0.15, 0.2) is 0 Å². The molecule has 3 aliphatic heterocycles. The van der Waals surface area contributed by atoms with Gasteiger partial charge in [0, 0.05) is 49.3 Å². The van der Waals surface area contributed by atoms with Crippen molar-refractivity contribution in [2.24, 2.45) is 10.9 Å². The molecule has 276 valence electrons. The highest BCUT2D eigenvalue weighted by Crippen LogP contribution is 2.46. The lowest BCUT2D eigenvalue weighted by atomic mass is 9.93. The number of urea groups is 1. The number of benzene rings is 3. The van der Waals surface area contributed by atoms with E-state index in [0.717, 1.165) is 17.7 Å². The molecule has 1 N–H and O–H groups in total. The number of amidine groups is 1. The van der Waals surface area contributed by atoms with Crippen molar-refractivity contribution in [1.29, 1.82) is 0 Å². The second kappa shape index (κ2) is 15.7. The number of ether oxygens (including phenoxy) is 1. The number of likely N-dealkylation sites (tertiary alicyclic amines) is 1. The van der Waals surface area contributed by atoms with Gasteiger partial charge in [-0.1, -0.05) is 47.5 Å². The van der Waals surface area contributed by atoms with Crippen molar-refractivity contribution in [3.63, 3.8) is 0 Å². The van der Waals surface area contributed by atoms with Crippen LogP contribution in [-0.2, 0) is 15.8 Å². The molecule has 0 spiro atoms. The first-order valence-electron chi connectivity index (χ1n) is 17.1. The molecule has 3 aliphatic rings. The Bertz CT molecular complexity index is 1820. The largest absolute Gasteiger partial charge is 0.493 e. The monoisotopic (exact) mass is 759 g/mol. The minimum atomic E-state index is -4.62. The van der Waals surface area contributed by atoms with Gasteiger partial charge in [0.05, 0.1) is 36.2 Å². The summed E-state index contributed by atoms with van der Waals surface area (Å²) in [4.78, 5) is 51.2. The van der Waals surface area contributed by atoms with E-state index in [2.05, 4.69) is 0 Å². The molecule has 0 saturated carbocycles. The van der Waals surface area contributed by atoms with Crippen molar-refractivity contribution in [1.82, 2.24) is 19.6 Å². The van der Waals surface area contributed by atoms with E-state index in [1.165, 1.54) is 11.0 Å². The third-order valence-corrected chi connectivity index (χ3v) is 10.2. The van der Waals surface area contributed by atoms with E-state index in [1.54, 1.807) is 65.3 Å². The highest BCUT2D eigenvalue weighted by atomic mass is 35.5. The fourth-order valence-electron chi connectivity index (χ4n) is 6.96. The summed E-state index contributed by atoms with van der Waals surface area (Å²) in [6, 6.07) is 15.4. The highest BCUT2D eigenvalue weighted by molar-refractivity contribution is 6.30. The van der Waals surface area contributed by atoms with E-state index >= 15 is 0 Å². The molecule has 2 saturated heterocycles. The van der Waals surface area contributed by atoms with Gasteiger partial charge in [-0.2, -0.15) is 13.2 Å². The molecule has 3 aromatic rings. The van der Waals surface area contributed by atoms with Crippen LogP contribution in [-0.4, -0.2) is 101 Å². The Balaban J connectivity index is 1.33. The molecule has 15 heteroatoms. The molecule has 0 radical (unpaired) electrons. The Kier molecular flexibility index (Phi) is 11.3. The molecule has 52 heavy (non-hydrogen) atoms. The standard InChI is InChI=1S/C37H38Cl2F3N5O5/c1-2-52-30-20-26(37(40,41)42)9-14-29(30)34-43-32(23-5-10-27(38)11-6-23)33(24-7-12-28(39)13-8-24)47(34)36(51)45-18-16-44(17-19-45)22-31(48)46-15-3-4-25(21-46)35(49)50/h5-14,20,25,32-33H,2-4,15-19,21-22H2,1H3,(H,49,50). The fourth-order valence-corrected chi connectivity index (χ4v) is 7.21. The van der Waals surface area contributed by atoms with Crippen molar-refractivity contribution in [3.8, 4) is 5.75 Å². The summed E-state index contributed by atoms with van der Waals surface area (Å²) in [6.45, 7) is 3.80. The van der Waals surface area contributed by atoms with Gasteiger partial charge in [-0.05, 0) is 73.4 Å². The van der Waals surface area contributed by atoms with Crippen molar-refractivity contribution in [2.45, 2.75) is 38.0 Å². The number of amides is 3. The van der Waals surface area contributed by atoms with Gasteiger partial charge in [-0.3, -0.25) is 24.4 Å². The van der Waals surface area contributed by atoms with Gasteiger partial charge < -0.3 is 19.6 Å². The van der Waals surface area contributed by atoms with E-state index < -0.39 is 41.7 Å². The number of hydrogen-bond donors (Lipinski definition) is 1. The summed E-state index contributed by atoms with van der Waals surface area (Å²) in [5, 5.41) is 10.4. The van der Waals surface area contributed by atoms with Crippen molar-refractivity contribution in [2.75, 3.05) is 52.4 Å². The number of carbonyl (C=O) groups excluding carboxylic acids is 2. The molecular formula is C37H38Cl2F3N5O5. The van der Waals surface area contributed by atoms with Gasteiger partial charge in [0.2, 0.25) is 5.91 Å². The molecule has 2 fully saturated rings. The summed E-state index contributed by atoms with van der Waals surface area (Å²) in [5.41, 5.74) is 0.761. The van der Waals surface area contributed by atoms with Gasteiger partial charge in [0.25, 0.3) is 0 Å². The normalized spacial score (nSPS) is 21.2. The second-order valence-corrected chi connectivity index (χ2v) is 13.9. The van der Waals surface area contributed by atoms with E-state index in [0.29, 0.717) is 48.1 Å². The summed E-state index contributed by atoms with van der Waals surface area (Å²) < 4.78 is 47.2. The Morgan fingerprint density at radius 1 is 0.885 bits per heavy atom. The number of rotatable bonds is 8. The summed E-state index contributed by atoms with van der Waals surface area (Å²) in [6.07, 6.45) is -3.46. The average molecular weight is 761 g/mol. The molecule has 3 unspecified atom stereocenters. The number of carbonyl (C=O) groups is 3. The molecule has 3 amide bonds. The maximum Gasteiger partial charge on any atom is 0.416 e. The highest BCUT2D eigenvalue weighted by Gasteiger charge is 2.45. The van der Waals surface area contributed by atoms with Crippen LogP contribution in [0, 0.1) is 5.92 Å². The van der Waals surface area contributed by atoms with Crippen molar-refractivity contribution >= 4 is 46.9 Å². The molecule has 0 aliphatic carbocycles. The number of aliphatic imine (C=N–C) groups is 1. The Morgan fingerprint density at radius 2 is 1.52 bits per heavy atom. The first-order valence-corrected chi connectivity index (χ1v) is 17.8. The van der Waals surface area contributed by atoms with Crippen LogP contribution in [0.15, 0.2) is 71.7 Å². The molecule has 3 aromatic carbocycles. The number of hydrogen-bond acceptors (Lipinski definition) is 6. The number of carboxylic acid groups (broad SMARTS) is 1. The minimum Gasteiger partial charge on any atom is -0.493 e. The van der Waals surface area contributed by atoms with Crippen LogP contribution in [0.5, 0.6) is 5.75 Å². The first kappa shape index (κ1) is 37.4. The van der Waals surface area contributed by atoms with E-state index in [9.17, 15) is 32.7 Å². The average Bonchev–Trinajstić information content (AvgIpc) is 3.52. The molecule has 0 bridgehead atoms. The topological polar surface area (TPSA) is 106 Å². The zero-order valence-electron chi connectivity index (χ0n) is 28.4. The van der Waals surface area contributed by atoms with Crippen LogP contribution in [0.25, 0.3) is 0 Å². The maximum absolute atomic E-state index is 14.8. The Hall–Kier alpha value is -4.33. The zero-order valence-corrected chi connectivity index (χ0v) is 29.9. The van der Waals surface area contributed by atoms with Crippen molar-refractivity contribution < 1.29 is 37.4 Å². The number of carboxylic acids is 1. The summed E-state index contributed by atoms with van der Waals surface area (Å²) >= 11 is 12.5. The number of piperidine rings is 1. The van der Waals surface area contributed by atoms with E-state index in [-0.39, 0.29) is 55.8 Å². The van der Waals surface area contributed by atoms with Gasteiger partial charge >= 0.3 is 18.2 Å². The number of halogens is 5. The van der Waals surface area contributed by atoms with Gasteiger partial charge in [-0.25, -0.2) is 4.79 Å². The predicted octanol–water partition coefficient (Wildman–Crippen LogP) is 7.02. The lowest BCUT2D eigenvalue weighted by Gasteiger charge is -2.39. The quantitative estimate of drug-likeness (QED) is 0.265. The minimum absolute atomic E-state index is 0.0633. The number of nitrogens with zero attached hydrogens (tertiary/aromatic N) is 5. The van der Waals surface area contributed by atoms with Crippen LogP contribution in [0.1, 0.15) is 54.1 Å². The molecule has 0 aromatic heterocycles. The third kappa shape index (κ3) is 8.16. The van der Waals surface area contributed by atoms with Crippen LogP contribution < -0.4 is 4.74 Å². The lowest BCUT2D eigenvalue weighted by molar-refractivity contribution is -0.146. The third-order valence-electron chi connectivity index (χ3n) is 9.67. The van der Waals surface area contributed by atoms with Crippen molar-refractivity contribution in [3.05, 3.63) is 99.0 Å². The van der Waals surface area contributed by atoms with Crippen LogP contribution in [0.4, 0.5) is 18.0 Å².